The normalized spacial score (nSPS) is 10.4. The van der Waals surface area contributed by atoms with E-state index in [2.05, 4.69) is 5.32 Å². The summed E-state index contributed by atoms with van der Waals surface area (Å²) in [6.07, 6.45) is 0. The summed E-state index contributed by atoms with van der Waals surface area (Å²) in [6, 6.07) is 17.0. The van der Waals surface area contributed by atoms with Crippen LogP contribution in [0.15, 0.2) is 54.6 Å². The van der Waals surface area contributed by atoms with E-state index in [1.807, 2.05) is 69.3 Å². The van der Waals surface area contributed by atoms with Crippen LogP contribution in [0.5, 0.6) is 0 Å². The standard InChI is InChI=1S/C19H22N2O2/c1-14(2)21(13-16-10-5-4-6-11-16)19(23)18(22)20-17-12-8-7-9-15(17)3/h4-12,14H,13H2,1-3H3,(H,20,22). The number of carbonyl (C=O) groups is 2. The number of para-hydroxylation sites is 1. The summed E-state index contributed by atoms with van der Waals surface area (Å²) in [5, 5.41) is 2.70. The van der Waals surface area contributed by atoms with Gasteiger partial charge in [-0.1, -0.05) is 48.5 Å². The monoisotopic (exact) mass is 310 g/mol. The predicted molar refractivity (Wildman–Crippen MR) is 91.9 cm³/mol. The van der Waals surface area contributed by atoms with Crippen molar-refractivity contribution >= 4 is 17.5 Å². The van der Waals surface area contributed by atoms with E-state index in [-0.39, 0.29) is 6.04 Å². The van der Waals surface area contributed by atoms with E-state index in [0.29, 0.717) is 12.2 Å². The number of hydrogen-bond donors (Lipinski definition) is 1. The third-order valence-corrected chi connectivity index (χ3v) is 3.67. The van der Waals surface area contributed by atoms with Crippen LogP contribution < -0.4 is 5.32 Å². The van der Waals surface area contributed by atoms with Crippen molar-refractivity contribution in [3.8, 4) is 0 Å². The molecule has 2 amide bonds. The molecule has 120 valence electrons. The summed E-state index contributed by atoms with van der Waals surface area (Å²) in [4.78, 5) is 26.4. The molecule has 0 saturated carbocycles. The Hall–Kier alpha value is -2.62. The van der Waals surface area contributed by atoms with Gasteiger partial charge in [0.15, 0.2) is 0 Å². The lowest BCUT2D eigenvalue weighted by Gasteiger charge is -2.26. The molecule has 0 bridgehead atoms. The Morgan fingerprint density at radius 3 is 2.22 bits per heavy atom. The van der Waals surface area contributed by atoms with Crippen LogP contribution in [0.25, 0.3) is 0 Å². The Balaban J connectivity index is 2.11. The molecule has 0 aliphatic heterocycles. The molecule has 1 N–H and O–H groups in total. The Bertz CT molecular complexity index is 681. The summed E-state index contributed by atoms with van der Waals surface area (Å²) in [5.41, 5.74) is 2.58. The van der Waals surface area contributed by atoms with Gasteiger partial charge < -0.3 is 10.2 Å². The quantitative estimate of drug-likeness (QED) is 0.880. The van der Waals surface area contributed by atoms with Crippen LogP contribution in [0.1, 0.15) is 25.0 Å². The van der Waals surface area contributed by atoms with Crippen LogP contribution in [0.3, 0.4) is 0 Å². The van der Waals surface area contributed by atoms with Crippen LogP contribution in [0.4, 0.5) is 5.69 Å². The molecular formula is C19H22N2O2. The van der Waals surface area contributed by atoms with Crippen LogP contribution >= 0.6 is 0 Å². The smallest absolute Gasteiger partial charge is 0.313 e. The highest BCUT2D eigenvalue weighted by Gasteiger charge is 2.24. The highest BCUT2D eigenvalue weighted by molar-refractivity contribution is 6.39. The molecule has 2 aromatic rings. The molecule has 0 aliphatic carbocycles. The first-order valence-electron chi connectivity index (χ1n) is 7.70. The van der Waals surface area contributed by atoms with E-state index in [0.717, 1.165) is 11.1 Å². The van der Waals surface area contributed by atoms with Crippen molar-refractivity contribution in [1.29, 1.82) is 0 Å². The van der Waals surface area contributed by atoms with Crippen LogP contribution in [-0.2, 0) is 16.1 Å². The van der Waals surface area contributed by atoms with Gasteiger partial charge in [0.25, 0.3) is 0 Å². The topological polar surface area (TPSA) is 49.4 Å². The zero-order chi connectivity index (χ0) is 16.8. The Morgan fingerprint density at radius 1 is 1.00 bits per heavy atom. The molecule has 2 aromatic carbocycles. The molecule has 4 heteroatoms. The molecule has 0 atom stereocenters. The van der Waals surface area contributed by atoms with E-state index in [1.54, 1.807) is 11.0 Å². The van der Waals surface area contributed by atoms with E-state index in [9.17, 15) is 9.59 Å². The van der Waals surface area contributed by atoms with Gasteiger partial charge in [-0.25, -0.2) is 0 Å². The maximum atomic E-state index is 12.5. The number of carbonyl (C=O) groups excluding carboxylic acids is 2. The van der Waals surface area contributed by atoms with E-state index in [4.69, 9.17) is 0 Å². The maximum Gasteiger partial charge on any atom is 0.313 e. The van der Waals surface area contributed by atoms with E-state index >= 15 is 0 Å². The molecule has 0 aliphatic rings. The maximum absolute atomic E-state index is 12.5. The number of nitrogens with one attached hydrogen (secondary N) is 1. The van der Waals surface area contributed by atoms with Crippen molar-refractivity contribution in [2.24, 2.45) is 0 Å². The predicted octanol–water partition coefficient (Wildman–Crippen LogP) is 3.37. The molecule has 0 spiro atoms. The zero-order valence-corrected chi connectivity index (χ0v) is 13.7. The van der Waals surface area contributed by atoms with Crippen molar-refractivity contribution in [3.05, 3.63) is 65.7 Å². The molecule has 0 radical (unpaired) electrons. The van der Waals surface area contributed by atoms with Gasteiger partial charge in [0, 0.05) is 18.3 Å². The van der Waals surface area contributed by atoms with E-state index in [1.165, 1.54) is 0 Å². The van der Waals surface area contributed by atoms with Crippen molar-refractivity contribution in [1.82, 2.24) is 4.90 Å². The van der Waals surface area contributed by atoms with Crippen LogP contribution in [0.2, 0.25) is 0 Å². The lowest BCUT2D eigenvalue weighted by atomic mass is 10.1. The van der Waals surface area contributed by atoms with Gasteiger partial charge in [-0.15, -0.1) is 0 Å². The van der Waals surface area contributed by atoms with Crippen LogP contribution in [0, 0.1) is 6.92 Å². The van der Waals surface area contributed by atoms with Crippen LogP contribution in [-0.4, -0.2) is 22.8 Å². The van der Waals surface area contributed by atoms with E-state index < -0.39 is 11.8 Å². The second kappa shape index (κ2) is 7.58. The summed E-state index contributed by atoms with van der Waals surface area (Å²) >= 11 is 0. The minimum atomic E-state index is -0.607. The molecule has 0 saturated heterocycles. The number of hydrogen-bond acceptors (Lipinski definition) is 2. The second-order valence-corrected chi connectivity index (χ2v) is 5.78. The fourth-order valence-corrected chi connectivity index (χ4v) is 2.29. The first kappa shape index (κ1) is 16.7. The van der Waals surface area contributed by atoms with Gasteiger partial charge in [0.1, 0.15) is 0 Å². The molecule has 0 fully saturated rings. The lowest BCUT2D eigenvalue weighted by Crippen LogP contribution is -2.43. The Labute approximate surface area is 137 Å². The van der Waals surface area contributed by atoms with Crippen molar-refractivity contribution in [2.75, 3.05) is 5.32 Å². The SMILES string of the molecule is Cc1ccccc1NC(=O)C(=O)N(Cc1ccccc1)C(C)C. The number of amides is 2. The number of benzene rings is 2. The highest BCUT2D eigenvalue weighted by Crippen LogP contribution is 2.14. The number of anilines is 1. The summed E-state index contributed by atoms with van der Waals surface area (Å²) in [7, 11) is 0. The molecule has 23 heavy (non-hydrogen) atoms. The number of aryl methyl sites for hydroxylation is 1. The molecule has 0 unspecified atom stereocenters. The van der Waals surface area contributed by atoms with Crippen molar-refractivity contribution in [2.45, 2.75) is 33.4 Å². The average Bonchev–Trinajstić information content (AvgIpc) is 2.54. The average molecular weight is 310 g/mol. The first-order chi connectivity index (χ1) is 11.0. The van der Waals surface area contributed by atoms with Gasteiger partial charge in [-0.3, -0.25) is 9.59 Å². The lowest BCUT2D eigenvalue weighted by molar-refractivity contribution is -0.144. The molecule has 2 rings (SSSR count). The van der Waals surface area contributed by atoms with Gasteiger partial charge in [-0.05, 0) is 38.0 Å². The third-order valence-electron chi connectivity index (χ3n) is 3.67. The van der Waals surface area contributed by atoms with Crippen molar-refractivity contribution < 1.29 is 9.59 Å². The highest BCUT2D eigenvalue weighted by atomic mass is 16.2. The third kappa shape index (κ3) is 4.42. The summed E-state index contributed by atoms with van der Waals surface area (Å²) in [6.45, 7) is 6.12. The number of nitrogens with zero attached hydrogens (tertiary/aromatic N) is 1. The Kier molecular flexibility index (Phi) is 5.52. The minimum absolute atomic E-state index is 0.0645. The fraction of sp³-hybridized carbons (Fsp3) is 0.263. The van der Waals surface area contributed by atoms with Gasteiger partial charge in [-0.2, -0.15) is 0 Å². The molecule has 0 aromatic heterocycles. The van der Waals surface area contributed by atoms with Gasteiger partial charge in [0.05, 0.1) is 0 Å². The van der Waals surface area contributed by atoms with Gasteiger partial charge >= 0.3 is 11.8 Å². The fourth-order valence-electron chi connectivity index (χ4n) is 2.29. The van der Waals surface area contributed by atoms with Gasteiger partial charge in [0.2, 0.25) is 0 Å². The number of rotatable bonds is 4. The first-order valence-corrected chi connectivity index (χ1v) is 7.70. The Morgan fingerprint density at radius 2 is 1.61 bits per heavy atom. The molecule has 0 heterocycles. The largest absolute Gasteiger partial charge is 0.328 e. The summed E-state index contributed by atoms with van der Waals surface area (Å²) in [5.74, 6) is -1.13. The second-order valence-electron chi connectivity index (χ2n) is 5.78. The summed E-state index contributed by atoms with van der Waals surface area (Å²) < 4.78 is 0. The minimum Gasteiger partial charge on any atom is -0.328 e. The van der Waals surface area contributed by atoms with Crippen molar-refractivity contribution in [3.63, 3.8) is 0 Å². The molecular weight excluding hydrogens is 288 g/mol. The molecule has 4 nitrogen and oxygen atoms in total. The zero-order valence-electron chi connectivity index (χ0n) is 13.7.